The minimum Gasteiger partial charge on any atom is -0.175 e. The molecular weight excluding hydrogens is 106 g/mol. The van der Waals surface area contributed by atoms with Gasteiger partial charge in [0, 0.05) is 12.3 Å². The van der Waals surface area contributed by atoms with Crippen molar-refractivity contribution in [2.24, 2.45) is 0 Å². The summed E-state index contributed by atoms with van der Waals surface area (Å²) in [6, 6.07) is 0. The lowest BCUT2D eigenvalue weighted by molar-refractivity contribution is 0.730. The van der Waals surface area contributed by atoms with E-state index in [1.807, 2.05) is 0 Å². The van der Waals surface area contributed by atoms with E-state index in [1.165, 1.54) is 25.0 Å². The summed E-state index contributed by atoms with van der Waals surface area (Å²) in [5, 5.41) is 0. The summed E-state index contributed by atoms with van der Waals surface area (Å²) in [4.78, 5) is 0. The van der Waals surface area contributed by atoms with Gasteiger partial charge in [-0.2, -0.15) is 4.72 Å². The maximum Gasteiger partial charge on any atom is 0.0256 e. The van der Waals surface area contributed by atoms with Gasteiger partial charge in [0.05, 0.1) is 0 Å². The van der Waals surface area contributed by atoms with Crippen molar-refractivity contribution in [1.29, 1.82) is 0 Å². The van der Waals surface area contributed by atoms with Gasteiger partial charge in [0.15, 0.2) is 0 Å². The zero-order chi connectivity index (χ0) is 4.95. The molecule has 1 aliphatic heterocycles. The summed E-state index contributed by atoms with van der Waals surface area (Å²) >= 11 is 1.74. The summed E-state index contributed by atoms with van der Waals surface area (Å²) < 4.78 is 4.19. The molecule has 0 saturated carbocycles. The molecule has 1 aliphatic rings. The molecule has 0 bridgehead atoms. The fourth-order valence-corrected chi connectivity index (χ4v) is 1.37. The molecule has 0 aromatic heterocycles. The van der Waals surface area contributed by atoms with Gasteiger partial charge in [0.1, 0.15) is 0 Å². The van der Waals surface area contributed by atoms with Crippen LogP contribution in [0.1, 0.15) is 19.3 Å². The third kappa shape index (κ3) is 2.19. The quantitative estimate of drug-likeness (QED) is 0.437. The Morgan fingerprint density at radius 1 is 1.14 bits per heavy atom. The van der Waals surface area contributed by atoms with Crippen LogP contribution in [0.15, 0.2) is 0 Å². The Bertz CT molecular complexity index is 27.7. The Morgan fingerprint density at radius 2 is 2.14 bits per heavy atom. The molecule has 0 aromatic rings. The smallest absolute Gasteiger partial charge is 0.0256 e. The molecule has 1 heterocycles. The molecule has 1 radical (unpaired) electrons. The Balaban J connectivity index is 2.04. The molecule has 0 aromatic carbocycles. The minimum absolute atomic E-state index is 1.09. The van der Waals surface area contributed by atoms with Crippen molar-refractivity contribution in [1.82, 2.24) is 4.72 Å². The molecule has 0 amide bonds. The lowest BCUT2D eigenvalue weighted by Gasteiger charge is -1.87. The molecule has 0 atom stereocenters. The van der Waals surface area contributed by atoms with E-state index >= 15 is 0 Å². The highest BCUT2D eigenvalue weighted by Crippen LogP contribution is 2.08. The number of hydrogen-bond donors (Lipinski definition) is 0. The Kier molecular flexibility index (Phi) is 2.59. The second kappa shape index (κ2) is 3.33. The van der Waals surface area contributed by atoms with Crippen molar-refractivity contribution in [3.8, 4) is 0 Å². The maximum absolute atomic E-state index is 4.19. The van der Waals surface area contributed by atoms with E-state index in [9.17, 15) is 0 Å². The molecule has 1 fully saturated rings. The third-order valence-electron chi connectivity index (χ3n) is 1.08. The van der Waals surface area contributed by atoms with Gasteiger partial charge < -0.3 is 0 Å². The fourth-order valence-electron chi connectivity index (χ4n) is 0.649. The van der Waals surface area contributed by atoms with Crippen molar-refractivity contribution in [2.45, 2.75) is 19.3 Å². The summed E-state index contributed by atoms with van der Waals surface area (Å²) in [6.45, 7) is 1.09. The summed E-state index contributed by atoms with van der Waals surface area (Å²) in [5.41, 5.74) is 0. The van der Waals surface area contributed by atoms with Crippen molar-refractivity contribution in [2.75, 3.05) is 12.3 Å². The first-order valence-corrected chi connectivity index (χ1v) is 3.73. The average Bonchev–Trinajstić information content (AvgIpc) is 1.90. The van der Waals surface area contributed by atoms with Gasteiger partial charge in [-0.3, -0.25) is 0 Å². The monoisotopic (exact) mass is 116 g/mol. The van der Waals surface area contributed by atoms with Crippen LogP contribution in [0.25, 0.3) is 0 Å². The molecular formula is C5H10NS. The molecule has 0 aliphatic carbocycles. The topological polar surface area (TPSA) is 14.1 Å². The zero-order valence-electron chi connectivity index (χ0n) is 4.39. The van der Waals surface area contributed by atoms with Gasteiger partial charge in [-0.15, -0.1) is 0 Å². The first-order valence-electron chi connectivity index (χ1n) is 2.79. The molecule has 1 saturated heterocycles. The van der Waals surface area contributed by atoms with Gasteiger partial charge in [0.2, 0.25) is 0 Å². The third-order valence-corrected chi connectivity index (χ3v) is 1.91. The van der Waals surface area contributed by atoms with Gasteiger partial charge in [0.25, 0.3) is 0 Å². The van der Waals surface area contributed by atoms with Crippen LogP contribution in [-0.4, -0.2) is 12.3 Å². The van der Waals surface area contributed by atoms with Crippen LogP contribution < -0.4 is 4.72 Å². The van der Waals surface area contributed by atoms with Crippen LogP contribution in [-0.2, 0) is 0 Å². The lowest BCUT2D eigenvalue weighted by Crippen LogP contribution is -1.91. The van der Waals surface area contributed by atoms with E-state index in [0.29, 0.717) is 0 Å². The highest BCUT2D eigenvalue weighted by molar-refractivity contribution is 7.97. The molecule has 7 heavy (non-hydrogen) atoms. The van der Waals surface area contributed by atoms with Crippen LogP contribution in [0, 0.1) is 0 Å². The number of rotatable bonds is 0. The first kappa shape index (κ1) is 5.45. The van der Waals surface area contributed by atoms with Crippen LogP contribution in [0.3, 0.4) is 0 Å². The van der Waals surface area contributed by atoms with E-state index < -0.39 is 0 Å². The Morgan fingerprint density at radius 3 is 3.14 bits per heavy atom. The summed E-state index contributed by atoms with van der Waals surface area (Å²) in [7, 11) is 0. The number of nitrogens with zero attached hydrogens (tertiary/aromatic N) is 1. The van der Waals surface area contributed by atoms with Gasteiger partial charge >= 0.3 is 0 Å². The second-order valence-corrected chi connectivity index (χ2v) is 2.67. The highest BCUT2D eigenvalue weighted by atomic mass is 32.2. The molecule has 1 rings (SSSR count). The molecule has 0 N–H and O–H groups in total. The predicted octanol–water partition coefficient (Wildman–Crippen LogP) is 1.42. The summed E-state index contributed by atoms with van der Waals surface area (Å²) in [5.74, 6) is 1.25. The van der Waals surface area contributed by atoms with Gasteiger partial charge in [-0.1, -0.05) is 18.4 Å². The standard InChI is InChI=1S/C5H10NS/c1-2-4-6-7-5-3-1/h1-5H2. The Hall–Kier alpha value is 0.310. The van der Waals surface area contributed by atoms with Crippen molar-refractivity contribution >= 4 is 11.9 Å². The molecule has 0 spiro atoms. The van der Waals surface area contributed by atoms with Crippen LogP contribution >= 0.6 is 11.9 Å². The van der Waals surface area contributed by atoms with E-state index in [4.69, 9.17) is 0 Å². The largest absolute Gasteiger partial charge is 0.175 e. The van der Waals surface area contributed by atoms with E-state index in [1.54, 1.807) is 11.9 Å². The average molecular weight is 116 g/mol. The highest BCUT2D eigenvalue weighted by Gasteiger charge is 1.96. The number of hydrogen-bond acceptors (Lipinski definition) is 1. The summed E-state index contributed by atoms with van der Waals surface area (Å²) in [6.07, 6.45) is 4.07. The molecule has 1 nitrogen and oxygen atoms in total. The second-order valence-electron chi connectivity index (χ2n) is 1.75. The van der Waals surface area contributed by atoms with Gasteiger partial charge in [-0.05, 0) is 12.8 Å². The molecule has 0 unspecified atom stereocenters. The van der Waals surface area contributed by atoms with Crippen LogP contribution in [0.5, 0.6) is 0 Å². The maximum atomic E-state index is 4.19. The van der Waals surface area contributed by atoms with E-state index in [-0.39, 0.29) is 0 Å². The predicted molar refractivity (Wildman–Crippen MR) is 33.3 cm³/mol. The van der Waals surface area contributed by atoms with Crippen molar-refractivity contribution < 1.29 is 0 Å². The molecule has 41 valence electrons. The zero-order valence-corrected chi connectivity index (χ0v) is 5.21. The Labute approximate surface area is 49.0 Å². The van der Waals surface area contributed by atoms with Crippen molar-refractivity contribution in [3.05, 3.63) is 0 Å². The minimum atomic E-state index is 1.09. The first-order chi connectivity index (χ1) is 3.50. The SMILES string of the molecule is C1CC[N]SCC1. The fraction of sp³-hybridized carbons (Fsp3) is 1.00. The van der Waals surface area contributed by atoms with E-state index in [0.717, 1.165) is 6.54 Å². The van der Waals surface area contributed by atoms with E-state index in [2.05, 4.69) is 4.72 Å². The van der Waals surface area contributed by atoms with Crippen LogP contribution in [0.2, 0.25) is 0 Å². The van der Waals surface area contributed by atoms with Crippen LogP contribution in [0.4, 0.5) is 0 Å². The van der Waals surface area contributed by atoms with Gasteiger partial charge in [-0.25, -0.2) is 0 Å². The normalized spacial score (nSPS) is 24.0. The van der Waals surface area contributed by atoms with Crippen molar-refractivity contribution in [3.63, 3.8) is 0 Å². The lowest BCUT2D eigenvalue weighted by atomic mass is 10.3. The molecule has 2 heteroatoms.